The molecule has 0 bridgehead atoms. The summed E-state index contributed by atoms with van der Waals surface area (Å²) in [7, 11) is -7.60. The number of hydrazine groups is 1. The van der Waals surface area contributed by atoms with Crippen LogP contribution in [0.5, 0.6) is 0 Å². The van der Waals surface area contributed by atoms with Gasteiger partial charge in [0.2, 0.25) is 10.0 Å². The SMILES string of the molecule is CS(=O)(=O)CCNS(=O)(=O)c1cccc(NN)c1[N+](=O)[O-]. The summed E-state index contributed by atoms with van der Waals surface area (Å²) >= 11 is 0. The molecule has 10 nitrogen and oxygen atoms in total. The van der Waals surface area contributed by atoms with Gasteiger partial charge in [-0.15, -0.1) is 0 Å². The van der Waals surface area contributed by atoms with Crippen molar-refractivity contribution in [2.45, 2.75) is 4.90 Å². The van der Waals surface area contributed by atoms with E-state index in [1.165, 1.54) is 12.1 Å². The van der Waals surface area contributed by atoms with Crippen molar-refractivity contribution in [3.63, 3.8) is 0 Å². The number of nitro benzene ring substituents is 1. The van der Waals surface area contributed by atoms with Crippen LogP contribution >= 0.6 is 0 Å². The molecule has 0 aliphatic heterocycles. The summed E-state index contributed by atoms with van der Waals surface area (Å²) in [6, 6.07) is 3.54. The van der Waals surface area contributed by atoms with Crippen LogP contribution in [0.2, 0.25) is 0 Å². The number of nitrogens with zero attached hydrogens (tertiary/aromatic N) is 1. The van der Waals surface area contributed by atoms with E-state index < -0.39 is 47.7 Å². The molecule has 0 amide bonds. The van der Waals surface area contributed by atoms with Gasteiger partial charge in [-0.2, -0.15) is 0 Å². The normalized spacial score (nSPS) is 12.1. The van der Waals surface area contributed by atoms with E-state index in [1.807, 2.05) is 10.1 Å². The van der Waals surface area contributed by atoms with Crippen LogP contribution in [0.3, 0.4) is 0 Å². The van der Waals surface area contributed by atoms with Crippen molar-refractivity contribution in [2.75, 3.05) is 24.0 Å². The standard InChI is InChI=1S/C9H14N4O6S2/c1-20(16,17)6-5-11-21(18,19)8-4-2-3-7(12-10)9(8)13(14)15/h2-4,11-12H,5-6,10H2,1H3. The number of hydrogen-bond donors (Lipinski definition) is 3. The zero-order valence-electron chi connectivity index (χ0n) is 10.9. The first-order chi connectivity index (χ1) is 9.58. The van der Waals surface area contributed by atoms with Crippen molar-refractivity contribution < 1.29 is 21.8 Å². The Morgan fingerprint density at radius 1 is 1.29 bits per heavy atom. The van der Waals surface area contributed by atoms with Gasteiger partial charge in [0.05, 0.1) is 10.7 Å². The number of nitro groups is 1. The lowest BCUT2D eigenvalue weighted by molar-refractivity contribution is -0.386. The molecule has 12 heteroatoms. The summed E-state index contributed by atoms with van der Waals surface area (Å²) in [6.07, 6.45) is 0.947. The van der Waals surface area contributed by atoms with E-state index in [4.69, 9.17) is 5.84 Å². The first-order valence-electron chi connectivity index (χ1n) is 5.50. The number of rotatable bonds is 7. The minimum absolute atomic E-state index is 0.175. The molecule has 118 valence electrons. The smallest absolute Gasteiger partial charge is 0.313 e. The summed E-state index contributed by atoms with van der Waals surface area (Å²) < 4.78 is 48.0. The van der Waals surface area contributed by atoms with E-state index in [2.05, 4.69) is 0 Å². The van der Waals surface area contributed by atoms with Crippen LogP contribution in [0.25, 0.3) is 0 Å². The Morgan fingerprint density at radius 2 is 1.90 bits per heavy atom. The van der Waals surface area contributed by atoms with Gasteiger partial charge < -0.3 is 5.43 Å². The highest BCUT2D eigenvalue weighted by Crippen LogP contribution is 2.31. The van der Waals surface area contributed by atoms with Crippen LogP contribution in [-0.4, -0.2) is 40.3 Å². The van der Waals surface area contributed by atoms with Gasteiger partial charge in [0, 0.05) is 12.8 Å². The third kappa shape index (κ3) is 4.63. The van der Waals surface area contributed by atoms with Gasteiger partial charge >= 0.3 is 5.69 Å². The number of benzene rings is 1. The first-order valence-corrected chi connectivity index (χ1v) is 9.04. The van der Waals surface area contributed by atoms with E-state index in [0.29, 0.717) is 0 Å². The number of sulfonamides is 1. The van der Waals surface area contributed by atoms with Crippen molar-refractivity contribution in [3.05, 3.63) is 28.3 Å². The van der Waals surface area contributed by atoms with E-state index in [0.717, 1.165) is 12.3 Å². The summed E-state index contributed by atoms with van der Waals surface area (Å²) in [5.74, 6) is 4.69. The van der Waals surface area contributed by atoms with Gasteiger partial charge in [0.15, 0.2) is 4.90 Å². The predicted molar refractivity (Wildman–Crippen MR) is 75.8 cm³/mol. The second-order valence-electron chi connectivity index (χ2n) is 4.08. The molecule has 0 heterocycles. The van der Waals surface area contributed by atoms with Crippen molar-refractivity contribution in [1.29, 1.82) is 0 Å². The Labute approximate surface area is 121 Å². The molecule has 0 radical (unpaired) electrons. The molecule has 1 rings (SSSR count). The second-order valence-corrected chi connectivity index (χ2v) is 8.08. The van der Waals surface area contributed by atoms with E-state index in [9.17, 15) is 26.9 Å². The van der Waals surface area contributed by atoms with Crippen molar-refractivity contribution in [1.82, 2.24) is 4.72 Å². The molecule has 0 aliphatic carbocycles. The summed E-state index contributed by atoms with van der Waals surface area (Å²) in [5.41, 5.74) is 1.15. The number of nitrogen functional groups attached to an aromatic ring is 1. The lowest BCUT2D eigenvalue weighted by atomic mass is 10.3. The average Bonchev–Trinajstić information content (AvgIpc) is 2.35. The molecule has 0 aliphatic rings. The maximum Gasteiger partial charge on any atom is 0.313 e. The van der Waals surface area contributed by atoms with Crippen molar-refractivity contribution in [3.8, 4) is 0 Å². The van der Waals surface area contributed by atoms with Gasteiger partial charge in [-0.05, 0) is 12.1 Å². The molecule has 0 atom stereocenters. The molecule has 0 saturated heterocycles. The Morgan fingerprint density at radius 3 is 2.38 bits per heavy atom. The maximum atomic E-state index is 12.0. The van der Waals surface area contributed by atoms with Gasteiger partial charge in [-0.25, -0.2) is 21.6 Å². The van der Waals surface area contributed by atoms with Crippen molar-refractivity contribution >= 4 is 31.2 Å². The quantitative estimate of drug-likeness (QED) is 0.331. The predicted octanol–water partition coefficient (Wildman–Crippen LogP) is -0.797. The molecule has 21 heavy (non-hydrogen) atoms. The van der Waals surface area contributed by atoms with Crippen LogP contribution in [0.4, 0.5) is 11.4 Å². The largest absolute Gasteiger partial charge is 0.318 e. The van der Waals surface area contributed by atoms with E-state index in [1.54, 1.807) is 0 Å². The Balaban J connectivity index is 3.17. The summed E-state index contributed by atoms with van der Waals surface area (Å²) in [5, 5.41) is 11.0. The maximum absolute atomic E-state index is 12.0. The van der Waals surface area contributed by atoms with Crippen molar-refractivity contribution in [2.24, 2.45) is 5.84 Å². The van der Waals surface area contributed by atoms with Gasteiger partial charge in [0.25, 0.3) is 0 Å². The van der Waals surface area contributed by atoms with Crippen LogP contribution in [0.1, 0.15) is 0 Å². The molecule has 1 aromatic carbocycles. The number of nitrogens with two attached hydrogens (primary N) is 1. The van der Waals surface area contributed by atoms with E-state index in [-0.39, 0.29) is 5.69 Å². The van der Waals surface area contributed by atoms with Crippen LogP contribution < -0.4 is 16.0 Å². The zero-order valence-corrected chi connectivity index (χ0v) is 12.6. The second kappa shape index (κ2) is 6.34. The van der Waals surface area contributed by atoms with Crippen LogP contribution in [-0.2, 0) is 19.9 Å². The molecular weight excluding hydrogens is 324 g/mol. The molecule has 1 aromatic rings. The molecule has 0 fully saturated rings. The fourth-order valence-corrected chi connectivity index (χ4v) is 3.31. The highest BCUT2D eigenvalue weighted by atomic mass is 32.2. The number of para-hydroxylation sites is 1. The summed E-state index contributed by atoms with van der Waals surface area (Å²) in [6.45, 7) is -0.390. The minimum atomic E-state index is -4.24. The topological polar surface area (TPSA) is 162 Å². The van der Waals surface area contributed by atoms with Gasteiger partial charge in [0.1, 0.15) is 15.5 Å². The number of hydrogen-bond acceptors (Lipinski definition) is 8. The van der Waals surface area contributed by atoms with E-state index >= 15 is 0 Å². The highest BCUT2D eigenvalue weighted by Gasteiger charge is 2.28. The minimum Gasteiger partial charge on any atom is -0.318 e. The van der Waals surface area contributed by atoms with Crippen LogP contribution in [0.15, 0.2) is 23.1 Å². The third-order valence-electron chi connectivity index (χ3n) is 2.39. The Hall–Kier alpha value is -1.76. The molecule has 4 N–H and O–H groups in total. The highest BCUT2D eigenvalue weighted by molar-refractivity contribution is 7.91. The number of sulfone groups is 1. The lowest BCUT2D eigenvalue weighted by Crippen LogP contribution is -2.29. The lowest BCUT2D eigenvalue weighted by Gasteiger charge is -2.09. The first kappa shape index (κ1) is 17.3. The molecular formula is C9H14N4O6S2. The molecule has 0 unspecified atom stereocenters. The summed E-state index contributed by atoms with van der Waals surface area (Å²) in [4.78, 5) is 9.51. The van der Waals surface area contributed by atoms with Crippen LogP contribution in [0, 0.1) is 10.1 Å². The fourth-order valence-electron chi connectivity index (χ4n) is 1.48. The van der Waals surface area contributed by atoms with Gasteiger partial charge in [-0.3, -0.25) is 16.0 Å². The Bertz CT molecular complexity index is 744. The zero-order chi connectivity index (χ0) is 16.3. The molecule has 0 saturated carbocycles. The Kier molecular flexibility index (Phi) is 5.22. The average molecular weight is 338 g/mol. The number of nitrogens with one attached hydrogen (secondary N) is 2. The van der Waals surface area contributed by atoms with Gasteiger partial charge in [-0.1, -0.05) is 6.07 Å². The monoisotopic (exact) mass is 338 g/mol. The molecule has 0 spiro atoms. The third-order valence-corrected chi connectivity index (χ3v) is 4.83. The fraction of sp³-hybridized carbons (Fsp3) is 0.333. The number of anilines is 1. The molecule has 0 aromatic heterocycles.